The number of rotatable bonds is 9. The number of hydrogen-bond donors (Lipinski definition) is 0. The first-order valence-electron chi connectivity index (χ1n) is 12.7. The molecule has 0 saturated heterocycles. The first-order chi connectivity index (χ1) is 13.9. The summed E-state index contributed by atoms with van der Waals surface area (Å²) >= 11 is 2.44. The molecule has 0 aliphatic heterocycles. The Hall–Kier alpha value is 1.09. The van der Waals surface area contributed by atoms with Crippen molar-refractivity contribution in [1.29, 1.82) is 0 Å². The van der Waals surface area contributed by atoms with Crippen molar-refractivity contribution in [2.24, 2.45) is 0 Å². The highest BCUT2D eigenvalue weighted by Crippen LogP contribution is 2.41. The van der Waals surface area contributed by atoms with E-state index in [4.69, 9.17) is 0 Å². The lowest BCUT2D eigenvalue weighted by molar-refractivity contribution is 1.12. The lowest BCUT2D eigenvalue weighted by Gasteiger charge is -2.58. The van der Waals surface area contributed by atoms with Crippen LogP contribution in [0.3, 0.4) is 0 Å². The van der Waals surface area contributed by atoms with Crippen LogP contribution in [0.4, 0.5) is 0 Å². The first-order valence-corrected chi connectivity index (χ1v) is 40.8. The highest BCUT2D eigenvalue weighted by atomic mass is 32.4. The molecule has 32 heavy (non-hydrogen) atoms. The molecule has 0 aromatic heterocycles. The largest absolute Gasteiger partial charge is 0.183 e. The maximum Gasteiger partial charge on any atom is 0.130 e. The zero-order chi connectivity index (χ0) is 25.8. The molecule has 0 N–H and O–H groups in total. The van der Waals surface area contributed by atoms with Crippen molar-refractivity contribution in [3.63, 3.8) is 0 Å². The SMILES string of the molecule is CC(C)S[Si](c1ccc([Si]([Si](C)(C)C)([Si](C)(C)C)[Si](C)(C)C)cc1)([Si](C)(C)C)[Si](C)(C)C. The normalized spacial score (nSPS) is 15.4. The van der Waals surface area contributed by atoms with Crippen molar-refractivity contribution in [3.05, 3.63) is 24.3 Å². The fourth-order valence-electron chi connectivity index (χ4n) is 8.40. The average molecular weight is 573 g/mol. The van der Waals surface area contributed by atoms with Gasteiger partial charge in [0.25, 0.3) is 0 Å². The first kappa shape index (κ1) is 31.1. The highest BCUT2D eigenvalue weighted by Gasteiger charge is 2.63. The van der Waals surface area contributed by atoms with Crippen LogP contribution in [0.2, 0.25) is 98.2 Å². The van der Waals surface area contributed by atoms with Crippen LogP contribution < -0.4 is 10.4 Å². The van der Waals surface area contributed by atoms with E-state index >= 15 is 0 Å². The van der Waals surface area contributed by atoms with Gasteiger partial charge in [-0.1, -0.05) is 147 Å². The van der Waals surface area contributed by atoms with Crippen LogP contribution >= 0.6 is 11.2 Å². The number of hydrogen-bond acceptors (Lipinski definition) is 1. The fourth-order valence-corrected chi connectivity index (χ4v) is 164. The van der Waals surface area contributed by atoms with Gasteiger partial charge >= 0.3 is 0 Å². The Labute approximate surface area is 212 Å². The van der Waals surface area contributed by atoms with Gasteiger partial charge in [-0.2, -0.15) is 11.2 Å². The van der Waals surface area contributed by atoms with Gasteiger partial charge in [-0.15, -0.1) is 0 Å². The van der Waals surface area contributed by atoms with Crippen molar-refractivity contribution in [3.8, 4) is 0 Å². The number of benzene rings is 1. The van der Waals surface area contributed by atoms with Crippen molar-refractivity contribution in [2.45, 2.75) is 117 Å². The van der Waals surface area contributed by atoms with Gasteiger partial charge in [-0.25, -0.2) is 0 Å². The average Bonchev–Trinajstić information content (AvgIpc) is 2.46. The summed E-state index contributed by atoms with van der Waals surface area (Å²) in [7, 11) is -6.67. The molecular formula is C24H56SSi7. The summed E-state index contributed by atoms with van der Waals surface area (Å²) in [6, 6.07) is 10.9. The van der Waals surface area contributed by atoms with Crippen LogP contribution in [0.15, 0.2) is 24.3 Å². The molecule has 1 aromatic carbocycles. The zero-order valence-corrected chi connectivity index (χ0v) is 32.6. The summed E-state index contributed by atoms with van der Waals surface area (Å²) in [5.41, 5.74) is 0. The maximum absolute atomic E-state index is 2.72. The molecule has 0 aliphatic carbocycles. The third kappa shape index (κ3) is 5.27. The summed E-state index contributed by atoms with van der Waals surface area (Å²) < 4.78 is 0. The molecule has 0 aliphatic rings. The van der Waals surface area contributed by atoms with Crippen LogP contribution in [0.5, 0.6) is 0 Å². The summed E-state index contributed by atoms with van der Waals surface area (Å²) in [5.74, 6) is 0. The molecule has 1 aromatic rings. The van der Waals surface area contributed by atoms with Gasteiger partial charge in [-0.05, 0) is 5.25 Å². The predicted octanol–water partition coefficient (Wildman–Crippen LogP) is 7.72. The highest BCUT2D eigenvalue weighted by molar-refractivity contribution is 8.44. The van der Waals surface area contributed by atoms with E-state index in [0.29, 0.717) is 0 Å². The van der Waals surface area contributed by atoms with E-state index in [0.717, 1.165) is 5.25 Å². The van der Waals surface area contributed by atoms with Crippen LogP contribution in [0, 0.1) is 0 Å². The summed E-state index contributed by atoms with van der Waals surface area (Å²) in [6.45, 7) is 44.0. The minimum Gasteiger partial charge on any atom is -0.183 e. The molecule has 0 fully saturated rings. The van der Waals surface area contributed by atoms with Gasteiger partial charge < -0.3 is 0 Å². The smallest absolute Gasteiger partial charge is 0.130 e. The van der Waals surface area contributed by atoms with E-state index in [1.54, 1.807) is 5.19 Å². The van der Waals surface area contributed by atoms with Gasteiger partial charge in [-0.3, -0.25) is 0 Å². The van der Waals surface area contributed by atoms with Gasteiger partial charge in [0.2, 0.25) is 0 Å². The Morgan fingerprint density at radius 3 is 0.969 bits per heavy atom. The maximum atomic E-state index is 2.72. The zero-order valence-electron chi connectivity index (χ0n) is 24.8. The minimum atomic E-state index is -1.61. The Morgan fingerprint density at radius 2 is 0.750 bits per heavy atom. The van der Waals surface area contributed by atoms with Gasteiger partial charge in [0.1, 0.15) is 6.26 Å². The lowest BCUT2D eigenvalue weighted by Crippen LogP contribution is -2.88. The van der Waals surface area contributed by atoms with Gasteiger partial charge in [0.15, 0.2) is 0 Å². The van der Waals surface area contributed by atoms with E-state index in [9.17, 15) is 0 Å². The Bertz CT molecular complexity index is 717. The van der Waals surface area contributed by atoms with E-state index < -0.39 is 50.8 Å². The van der Waals surface area contributed by atoms with Crippen molar-refractivity contribution < 1.29 is 0 Å². The van der Waals surface area contributed by atoms with Crippen LogP contribution in [0.25, 0.3) is 0 Å². The Morgan fingerprint density at radius 1 is 0.469 bits per heavy atom. The second kappa shape index (κ2) is 9.52. The lowest BCUT2D eigenvalue weighted by atomic mass is 10.4. The monoisotopic (exact) mass is 572 g/mol. The molecule has 0 radical (unpaired) electrons. The van der Waals surface area contributed by atoms with E-state index in [-0.39, 0.29) is 0 Å². The second-order valence-corrected chi connectivity index (χ2v) is 87.6. The quantitative estimate of drug-likeness (QED) is 0.273. The molecule has 0 amide bonds. The Kier molecular flexibility index (Phi) is 9.25. The fraction of sp³-hybridized carbons (Fsp3) is 0.750. The van der Waals surface area contributed by atoms with Gasteiger partial charge in [0.05, 0.1) is 21.8 Å². The molecule has 8 heteroatoms. The summed E-state index contributed by atoms with van der Waals surface area (Å²) in [4.78, 5) is 0. The Balaban J connectivity index is 3.99. The molecule has 0 heterocycles. The van der Waals surface area contributed by atoms with E-state index in [1.807, 2.05) is 5.19 Å². The molecule has 1 rings (SSSR count). The van der Waals surface area contributed by atoms with Crippen LogP contribution in [-0.2, 0) is 0 Å². The van der Waals surface area contributed by atoms with Gasteiger partial charge in [0, 0.05) is 22.8 Å². The summed E-state index contributed by atoms with van der Waals surface area (Å²) in [5, 5.41) is 4.37. The third-order valence-electron chi connectivity index (χ3n) is 7.62. The molecular weight excluding hydrogens is 517 g/mol. The van der Waals surface area contributed by atoms with Crippen molar-refractivity contribution in [1.82, 2.24) is 0 Å². The van der Waals surface area contributed by atoms with Crippen LogP contribution in [0.1, 0.15) is 13.8 Å². The topological polar surface area (TPSA) is 0 Å². The van der Waals surface area contributed by atoms with Crippen molar-refractivity contribution >= 4 is 72.4 Å². The minimum absolute atomic E-state index is 0.721. The molecule has 0 spiro atoms. The molecule has 0 unspecified atom stereocenters. The molecule has 0 nitrogen and oxygen atoms in total. The van der Waals surface area contributed by atoms with E-state index in [2.05, 4.69) is 148 Å². The molecule has 186 valence electrons. The summed E-state index contributed by atoms with van der Waals surface area (Å²) in [6.07, 6.45) is -1.61. The predicted molar refractivity (Wildman–Crippen MR) is 177 cm³/mol. The second-order valence-electron chi connectivity index (χ2n) is 15.4. The molecule has 0 atom stereocenters. The molecule has 0 bridgehead atoms. The van der Waals surface area contributed by atoms with Crippen LogP contribution in [-0.4, -0.2) is 56.1 Å². The van der Waals surface area contributed by atoms with E-state index in [1.165, 1.54) is 0 Å². The third-order valence-corrected chi connectivity index (χ3v) is 129. The van der Waals surface area contributed by atoms with Crippen molar-refractivity contribution in [2.75, 3.05) is 0 Å². The molecule has 0 saturated carbocycles. The standard InChI is InChI=1S/C24H56SSi7/c1-22(2)25-31(26(3,4)5,27(6,7)8)23-18-20-24(21-19-23)32(28(9,10)11,29(12,13)14)30(15,16)17/h18-22H,1-17H3.